The van der Waals surface area contributed by atoms with Crippen LogP contribution in [0.1, 0.15) is 13.3 Å². The Kier molecular flexibility index (Phi) is 3.43. The molecule has 0 aromatic rings. The first kappa shape index (κ1) is 10.9. The van der Waals surface area contributed by atoms with Crippen LogP contribution in [0.25, 0.3) is 0 Å². The van der Waals surface area contributed by atoms with Crippen LogP contribution in [0.2, 0.25) is 0 Å². The van der Waals surface area contributed by atoms with Crippen molar-refractivity contribution in [3.05, 3.63) is 23.5 Å². The van der Waals surface area contributed by atoms with Crippen molar-refractivity contribution in [1.82, 2.24) is 0 Å². The van der Waals surface area contributed by atoms with Gasteiger partial charge in [-0.15, -0.1) is 0 Å². The van der Waals surface area contributed by atoms with Gasteiger partial charge in [-0.2, -0.15) is 0 Å². The van der Waals surface area contributed by atoms with Gasteiger partial charge in [-0.05, 0) is 18.6 Å². The maximum Gasteiger partial charge on any atom is 0.229 e. The normalized spacial score (nSPS) is 26.5. The Morgan fingerprint density at radius 3 is 2.86 bits per heavy atom. The molecule has 1 rings (SSSR count). The number of aldehydes is 1. The first-order chi connectivity index (χ1) is 6.66. The number of rotatable bonds is 4. The van der Waals surface area contributed by atoms with Gasteiger partial charge in [-0.25, -0.2) is 0 Å². The largest absolute Gasteiger partial charge is 0.495 e. The summed E-state index contributed by atoms with van der Waals surface area (Å²) in [6.07, 6.45) is 3.99. The molecule has 0 heterocycles. The van der Waals surface area contributed by atoms with Crippen LogP contribution in [0.4, 0.5) is 0 Å². The lowest BCUT2D eigenvalue weighted by molar-refractivity contribution is -0.194. The minimum absolute atomic E-state index is 0.129. The smallest absolute Gasteiger partial charge is 0.229 e. The van der Waals surface area contributed by atoms with Gasteiger partial charge in [0.25, 0.3) is 0 Å². The average molecular weight is 198 g/mol. The van der Waals surface area contributed by atoms with Crippen molar-refractivity contribution in [2.75, 3.05) is 13.7 Å². The number of hydrogen-bond donors (Lipinski definition) is 1. The van der Waals surface area contributed by atoms with Gasteiger partial charge in [0.05, 0.1) is 7.11 Å². The van der Waals surface area contributed by atoms with E-state index in [2.05, 4.69) is 0 Å². The van der Waals surface area contributed by atoms with Crippen LogP contribution < -0.4 is 0 Å². The first-order valence-corrected chi connectivity index (χ1v) is 4.43. The monoisotopic (exact) mass is 198 g/mol. The second-order valence-corrected chi connectivity index (χ2v) is 2.99. The van der Waals surface area contributed by atoms with Crippen LogP contribution in [-0.2, 0) is 14.3 Å². The van der Waals surface area contributed by atoms with E-state index in [1.807, 2.05) is 0 Å². The van der Waals surface area contributed by atoms with E-state index in [0.717, 1.165) is 0 Å². The molecule has 1 N–H and O–H groups in total. The summed E-state index contributed by atoms with van der Waals surface area (Å²) < 4.78 is 10.1. The lowest BCUT2D eigenvalue weighted by atomic mass is 9.98. The van der Waals surface area contributed by atoms with Crippen molar-refractivity contribution in [2.45, 2.75) is 19.1 Å². The highest BCUT2D eigenvalue weighted by molar-refractivity contribution is 5.74. The third-order valence-corrected chi connectivity index (χ3v) is 2.03. The zero-order valence-corrected chi connectivity index (χ0v) is 8.32. The second-order valence-electron chi connectivity index (χ2n) is 2.99. The highest BCUT2D eigenvalue weighted by Crippen LogP contribution is 2.30. The minimum atomic E-state index is -1.49. The summed E-state index contributed by atoms with van der Waals surface area (Å²) in [6.45, 7) is 2.12. The van der Waals surface area contributed by atoms with Crippen molar-refractivity contribution >= 4 is 6.29 Å². The molecule has 0 bridgehead atoms. The van der Waals surface area contributed by atoms with Crippen molar-refractivity contribution in [2.24, 2.45) is 0 Å². The fourth-order valence-corrected chi connectivity index (χ4v) is 1.41. The molecule has 0 aliphatic heterocycles. The molecule has 0 amide bonds. The van der Waals surface area contributed by atoms with Crippen LogP contribution in [0.15, 0.2) is 23.5 Å². The predicted molar refractivity (Wildman–Crippen MR) is 50.4 cm³/mol. The molecule has 0 spiro atoms. The Morgan fingerprint density at radius 1 is 1.64 bits per heavy atom. The van der Waals surface area contributed by atoms with E-state index < -0.39 is 5.79 Å². The number of carbonyl (C=O) groups is 1. The third-order valence-electron chi connectivity index (χ3n) is 2.03. The van der Waals surface area contributed by atoms with E-state index >= 15 is 0 Å². The summed E-state index contributed by atoms with van der Waals surface area (Å²) in [6, 6.07) is 0. The topological polar surface area (TPSA) is 55.8 Å². The molecule has 0 saturated carbocycles. The van der Waals surface area contributed by atoms with Gasteiger partial charge in [0.2, 0.25) is 5.79 Å². The summed E-state index contributed by atoms with van der Waals surface area (Å²) in [4.78, 5) is 10.5. The van der Waals surface area contributed by atoms with E-state index in [1.54, 1.807) is 19.1 Å². The number of ether oxygens (including phenoxy) is 2. The molecule has 0 saturated heterocycles. The van der Waals surface area contributed by atoms with Gasteiger partial charge in [0.1, 0.15) is 6.29 Å². The number of methoxy groups -OCH3 is 1. The molecule has 1 atom stereocenters. The molecule has 14 heavy (non-hydrogen) atoms. The van der Waals surface area contributed by atoms with E-state index in [4.69, 9.17) is 9.47 Å². The Morgan fingerprint density at radius 2 is 2.36 bits per heavy atom. The molecule has 1 aliphatic carbocycles. The van der Waals surface area contributed by atoms with Crippen molar-refractivity contribution in [3.63, 3.8) is 0 Å². The van der Waals surface area contributed by atoms with Crippen LogP contribution in [0, 0.1) is 0 Å². The summed E-state index contributed by atoms with van der Waals surface area (Å²) in [5.74, 6) is -1.17. The molecule has 0 fully saturated rings. The van der Waals surface area contributed by atoms with Crippen molar-refractivity contribution < 1.29 is 19.4 Å². The highest BCUT2D eigenvalue weighted by Gasteiger charge is 2.36. The lowest BCUT2D eigenvalue weighted by Crippen LogP contribution is -2.37. The van der Waals surface area contributed by atoms with Gasteiger partial charge in [-0.1, -0.05) is 6.08 Å². The van der Waals surface area contributed by atoms with Crippen LogP contribution in [0.3, 0.4) is 0 Å². The van der Waals surface area contributed by atoms with Gasteiger partial charge in [-0.3, -0.25) is 4.79 Å². The fraction of sp³-hybridized carbons (Fsp3) is 0.500. The number of aliphatic hydroxyl groups is 1. The zero-order chi connectivity index (χ0) is 10.6. The summed E-state index contributed by atoms with van der Waals surface area (Å²) in [7, 11) is 1.45. The molecule has 0 aromatic heterocycles. The highest BCUT2D eigenvalue weighted by atomic mass is 16.6. The number of carbonyl (C=O) groups excluding carboxylic acids is 1. The maximum atomic E-state index is 10.5. The van der Waals surface area contributed by atoms with E-state index in [-0.39, 0.29) is 6.42 Å². The van der Waals surface area contributed by atoms with Gasteiger partial charge in [0, 0.05) is 13.0 Å². The Labute approximate surface area is 82.8 Å². The van der Waals surface area contributed by atoms with E-state index in [0.29, 0.717) is 24.2 Å². The fourth-order valence-electron chi connectivity index (χ4n) is 1.41. The van der Waals surface area contributed by atoms with Gasteiger partial charge in [0.15, 0.2) is 5.76 Å². The number of allylic oxidation sites excluding steroid dienone is 2. The van der Waals surface area contributed by atoms with Crippen LogP contribution in [0.5, 0.6) is 0 Å². The molecule has 4 nitrogen and oxygen atoms in total. The molecule has 4 heteroatoms. The molecule has 0 aromatic carbocycles. The standard InChI is InChI=1S/C10H14O4/c1-3-14-10(12)6-8(7-11)4-5-9(10)13-2/h4-5,7,12H,3,6H2,1-2H3. The van der Waals surface area contributed by atoms with Gasteiger partial charge >= 0.3 is 0 Å². The Hall–Kier alpha value is -1.13. The van der Waals surface area contributed by atoms with Crippen LogP contribution >= 0.6 is 0 Å². The van der Waals surface area contributed by atoms with Crippen molar-refractivity contribution in [1.29, 1.82) is 0 Å². The summed E-state index contributed by atoms with van der Waals surface area (Å²) in [5.41, 5.74) is 0.488. The number of hydrogen-bond acceptors (Lipinski definition) is 4. The molecule has 1 unspecified atom stereocenters. The maximum absolute atomic E-state index is 10.5. The van der Waals surface area contributed by atoms with E-state index in [9.17, 15) is 9.90 Å². The first-order valence-electron chi connectivity index (χ1n) is 4.43. The Balaban J connectivity index is 2.92. The lowest BCUT2D eigenvalue weighted by Gasteiger charge is -2.31. The molecule has 0 radical (unpaired) electrons. The van der Waals surface area contributed by atoms with Gasteiger partial charge < -0.3 is 14.6 Å². The quantitative estimate of drug-likeness (QED) is 0.535. The molecular weight excluding hydrogens is 184 g/mol. The molecule has 1 aliphatic rings. The Bertz CT molecular complexity index is 280. The minimum Gasteiger partial charge on any atom is -0.495 e. The third kappa shape index (κ3) is 2.02. The summed E-state index contributed by atoms with van der Waals surface area (Å²) in [5, 5.41) is 10.0. The van der Waals surface area contributed by atoms with Crippen molar-refractivity contribution in [3.8, 4) is 0 Å². The zero-order valence-electron chi connectivity index (χ0n) is 8.32. The summed E-state index contributed by atoms with van der Waals surface area (Å²) >= 11 is 0. The second kappa shape index (κ2) is 4.39. The predicted octanol–water partition coefficient (Wildman–Crippen LogP) is 0.771. The van der Waals surface area contributed by atoms with E-state index in [1.165, 1.54) is 7.11 Å². The van der Waals surface area contributed by atoms with Crippen LogP contribution in [-0.4, -0.2) is 30.9 Å². The molecular formula is C10H14O4. The average Bonchev–Trinajstić information content (AvgIpc) is 2.17. The SMILES string of the molecule is CCOC1(O)CC(C=O)=CC=C1OC. The molecule has 78 valence electrons.